The van der Waals surface area contributed by atoms with Gasteiger partial charge in [-0.1, -0.05) is 0 Å². The summed E-state index contributed by atoms with van der Waals surface area (Å²) in [5.74, 6) is -1.63. The second kappa shape index (κ2) is 4.13. The molecule has 0 radical (unpaired) electrons. The van der Waals surface area contributed by atoms with Crippen molar-refractivity contribution in [2.24, 2.45) is 0 Å². The van der Waals surface area contributed by atoms with Crippen LogP contribution in [0.25, 0.3) is 0 Å². The highest BCUT2D eigenvalue weighted by molar-refractivity contribution is 5.96. The molecule has 0 amide bonds. The first kappa shape index (κ1) is 10.6. The Kier molecular flexibility index (Phi) is 3.11. The van der Waals surface area contributed by atoms with Gasteiger partial charge in [0.1, 0.15) is 11.6 Å². The summed E-state index contributed by atoms with van der Waals surface area (Å²) in [6.07, 6.45) is 0. The minimum Gasteiger partial charge on any atom is -0.434 e. The lowest BCUT2D eigenvalue weighted by atomic mass is 10.1. The maximum Gasteiger partial charge on any atom is 0.387 e. The number of carbonyl (C=O) groups excluding carboxylic acids is 1. The van der Waals surface area contributed by atoms with Crippen molar-refractivity contribution in [2.75, 3.05) is 0 Å². The van der Waals surface area contributed by atoms with Gasteiger partial charge in [-0.05, 0) is 19.1 Å². The van der Waals surface area contributed by atoms with Gasteiger partial charge in [-0.3, -0.25) is 4.79 Å². The molecule has 0 unspecified atom stereocenters. The van der Waals surface area contributed by atoms with Gasteiger partial charge < -0.3 is 4.74 Å². The Balaban J connectivity index is 3.09. The molecule has 0 saturated carbocycles. The van der Waals surface area contributed by atoms with Crippen LogP contribution >= 0.6 is 0 Å². The summed E-state index contributed by atoms with van der Waals surface area (Å²) in [6, 6.07) is 2.87. The van der Waals surface area contributed by atoms with Crippen LogP contribution in [-0.2, 0) is 0 Å². The molecule has 0 aromatic heterocycles. The van der Waals surface area contributed by atoms with E-state index in [1.165, 1.54) is 6.92 Å². The van der Waals surface area contributed by atoms with E-state index in [9.17, 15) is 18.0 Å². The summed E-state index contributed by atoms with van der Waals surface area (Å²) in [4.78, 5) is 10.9. The predicted molar refractivity (Wildman–Crippen MR) is 43.0 cm³/mol. The first-order valence-electron chi connectivity index (χ1n) is 3.76. The third-order valence-electron chi connectivity index (χ3n) is 1.54. The molecule has 0 bridgehead atoms. The molecule has 1 aromatic carbocycles. The number of benzene rings is 1. The molecule has 0 aliphatic rings. The molecule has 76 valence electrons. The minimum absolute atomic E-state index is 0.0632. The van der Waals surface area contributed by atoms with E-state index < -0.39 is 24.0 Å². The van der Waals surface area contributed by atoms with Gasteiger partial charge in [0.15, 0.2) is 5.78 Å². The van der Waals surface area contributed by atoms with E-state index in [-0.39, 0.29) is 5.56 Å². The van der Waals surface area contributed by atoms with Crippen molar-refractivity contribution >= 4 is 5.78 Å². The number of hydrogen-bond donors (Lipinski definition) is 0. The van der Waals surface area contributed by atoms with Crippen molar-refractivity contribution in [3.8, 4) is 5.75 Å². The third kappa shape index (κ3) is 2.48. The number of alkyl halides is 2. The van der Waals surface area contributed by atoms with Crippen molar-refractivity contribution < 1.29 is 22.7 Å². The van der Waals surface area contributed by atoms with E-state index in [4.69, 9.17) is 0 Å². The molecule has 2 nitrogen and oxygen atoms in total. The smallest absolute Gasteiger partial charge is 0.387 e. The average molecular weight is 204 g/mol. The zero-order valence-electron chi connectivity index (χ0n) is 7.26. The maximum absolute atomic E-state index is 12.6. The molecule has 14 heavy (non-hydrogen) atoms. The first-order valence-corrected chi connectivity index (χ1v) is 3.76. The second-order valence-corrected chi connectivity index (χ2v) is 2.58. The highest BCUT2D eigenvalue weighted by Crippen LogP contribution is 2.22. The lowest BCUT2D eigenvalue weighted by molar-refractivity contribution is -0.0502. The van der Waals surface area contributed by atoms with Crippen LogP contribution in [0.3, 0.4) is 0 Å². The number of Topliss-reactive ketones (excluding diaryl/α,β-unsaturated/α-hetero) is 1. The van der Waals surface area contributed by atoms with Crippen molar-refractivity contribution in [3.05, 3.63) is 29.6 Å². The summed E-state index contributed by atoms with van der Waals surface area (Å²) in [5.41, 5.74) is -0.0632. The SMILES string of the molecule is CC(=O)c1ccc(F)cc1OC(F)F. The van der Waals surface area contributed by atoms with Gasteiger partial charge in [0, 0.05) is 6.07 Å². The molecule has 1 aromatic rings. The Bertz CT molecular complexity index is 350. The number of carbonyl (C=O) groups is 1. The lowest BCUT2D eigenvalue weighted by Gasteiger charge is -2.07. The fourth-order valence-corrected chi connectivity index (χ4v) is 0.981. The zero-order valence-corrected chi connectivity index (χ0v) is 7.26. The number of halogens is 3. The van der Waals surface area contributed by atoms with Crippen LogP contribution in [0.5, 0.6) is 5.75 Å². The molecule has 0 fully saturated rings. The Morgan fingerprint density at radius 3 is 2.57 bits per heavy atom. The van der Waals surface area contributed by atoms with Crippen LogP contribution in [0, 0.1) is 5.82 Å². The fraction of sp³-hybridized carbons (Fsp3) is 0.222. The van der Waals surface area contributed by atoms with E-state index in [1.54, 1.807) is 0 Å². The van der Waals surface area contributed by atoms with E-state index in [0.29, 0.717) is 0 Å². The van der Waals surface area contributed by atoms with Crippen LogP contribution in [0.15, 0.2) is 18.2 Å². The van der Waals surface area contributed by atoms with Crippen molar-refractivity contribution in [1.82, 2.24) is 0 Å². The quantitative estimate of drug-likeness (QED) is 0.707. The maximum atomic E-state index is 12.6. The van der Waals surface area contributed by atoms with Gasteiger partial charge >= 0.3 is 6.61 Å². The Morgan fingerprint density at radius 1 is 1.43 bits per heavy atom. The molecule has 0 aliphatic carbocycles. The predicted octanol–water partition coefficient (Wildman–Crippen LogP) is 2.63. The van der Waals surface area contributed by atoms with Gasteiger partial charge in [-0.2, -0.15) is 8.78 Å². The Hall–Kier alpha value is -1.52. The van der Waals surface area contributed by atoms with Crippen LogP contribution in [-0.4, -0.2) is 12.4 Å². The van der Waals surface area contributed by atoms with Crippen molar-refractivity contribution in [2.45, 2.75) is 13.5 Å². The number of ketones is 1. The normalized spacial score (nSPS) is 10.4. The summed E-state index contributed by atoms with van der Waals surface area (Å²) in [6.45, 7) is -1.89. The topological polar surface area (TPSA) is 26.3 Å². The van der Waals surface area contributed by atoms with Gasteiger partial charge in [0.25, 0.3) is 0 Å². The molecule has 0 aliphatic heterocycles. The lowest BCUT2D eigenvalue weighted by Crippen LogP contribution is -2.06. The van der Waals surface area contributed by atoms with Gasteiger partial charge in [-0.25, -0.2) is 4.39 Å². The summed E-state index contributed by atoms with van der Waals surface area (Å²) in [5, 5.41) is 0. The number of hydrogen-bond acceptors (Lipinski definition) is 2. The van der Waals surface area contributed by atoms with Crippen LogP contribution in [0.4, 0.5) is 13.2 Å². The van der Waals surface area contributed by atoms with Crippen LogP contribution in [0.2, 0.25) is 0 Å². The monoisotopic (exact) mass is 204 g/mol. The molecule has 0 heterocycles. The third-order valence-corrected chi connectivity index (χ3v) is 1.54. The Labute approximate surface area is 78.3 Å². The van der Waals surface area contributed by atoms with Crippen LogP contribution in [0.1, 0.15) is 17.3 Å². The van der Waals surface area contributed by atoms with Crippen molar-refractivity contribution in [1.29, 1.82) is 0 Å². The first-order chi connectivity index (χ1) is 6.50. The van der Waals surface area contributed by atoms with Crippen molar-refractivity contribution in [3.63, 3.8) is 0 Å². The van der Waals surface area contributed by atoms with E-state index in [2.05, 4.69) is 4.74 Å². The largest absolute Gasteiger partial charge is 0.434 e. The second-order valence-electron chi connectivity index (χ2n) is 2.58. The molecular weight excluding hydrogens is 197 g/mol. The highest BCUT2D eigenvalue weighted by atomic mass is 19.3. The summed E-state index contributed by atoms with van der Waals surface area (Å²) >= 11 is 0. The average Bonchev–Trinajstić information content (AvgIpc) is 2.01. The summed E-state index contributed by atoms with van der Waals surface area (Å²) in [7, 11) is 0. The zero-order chi connectivity index (χ0) is 10.7. The molecule has 1 rings (SSSR count). The minimum atomic E-state index is -3.07. The fourth-order valence-electron chi connectivity index (χ4n) is 0.981. The van der Waals surface area contributed by atoms with E-state index in [1.807, 2.05) is 0 Å². The Morgan fingerprint density at radius 2 is 2.07 bits per heavy atom. The standard InChI is InChI=1S/C9H7F3O2/c1-5(13)7-3-2-6(10)4-8(7)14-9(11)12/h2-4,9H,1H3. The van der Waals surface area contributed by atoms with Gasteiger partial charge in [-0.15, -0.1) is 0 Å². The van der Waals surface area contributed by atoms with Gasteiger partial charge in [0.05, 0.1) is 5.56 Å². The summed E-state index contributed by atoms with van der Waals surface area (Å²) < 4.78 is 40.3. The van der Waals surface area contributed by atoms with E-state index in [0.717, 1.165) is 18.2 Å². The molecular formula is C9H7F3O2. The molecule has 0 N–H and O–H groups in total. The molecule has 5 heteroatoms. The number of ether oxygens (including phenoxy) is 1. The highest BCUT2D eigenvalue weighted by Gasteiger charge is 2.13. The number of rotatable bonds is 3. The molecule has 0 saturated heterocycles. The van der Waals surface area contributed by atoms with E-state index >= 15 is 0 Å². The van der Waals surface area contributed by atoms with Crippen LogP contribution < -0.4 is 4.74 Å². The van der Waals surface area contributed by atoms with Gasteiger partial charge in [0.2, 0.25) is 0 Å². The molecule has 0 atom stereocenters. The molecule has 0 spiro atoms.